The SMILES string of the molecule is CC(C)[C@H](NC(=O)CCCC(=O)N1CCC(C(=O)O)CC1)C(=O)C[C@@H](CCCNC(N)=O)C(=O)Nc1ccc(COC(=O)NCC(=O)C(C)(C)C)cc1. The van der Waals surface area contributed by atoms with Gasteiger partial charge in [0.25, 0.3) is 0 Å². The lowest BCUT2D eigenvalue weighted by Crippen LogP contribution is -2.45. The lowest BCUT2D eigenvalue weighted by Gasteiger charge is -2.30. The first-order chi connectivity index (χ1) is 24.9. The van der Waals surface area contributed by atoms with Gasteiger partial charge >= 0.3 is 18.1 Å². The standard InChI is InChI=1S/C37H56N6O10/c1-23(2)32(42-30(46)9-6-10-31(47)43-18-15-25(16-19-43)34(49)50)28(44)20-26(8-7-17-39-35(38)51)33(48)41-27-13-11-24(12-14-27)22-53-36(52)40-21-29(45)37(3,4)5/h11-14,23,25-26,32H,6-10,15-22H2,1-5H3,(H,40,52)(H,41,48)(H,42,46)(H,49,50)(H3,38,39,51)/t26-,32+/m1/s1. The van der Waals surface area contributed by atoms with Crippen LogP contribution in [0.25, 0.3) is 0 Å². The number of carbonyl (C=O) groups excluding carboxylic acids is 7. The number of ketones is 2. The third kappa shape index (κ3) is 16.5. The van der Waals surface area contributed by atoms with Crippen LogP contribution >= 0.6 is 0 Å². The van der Waals surface area contributed by atoms with Gasteiger partial charge in [0.1, 0.15) is 6.61 Å². The normalized spacial score (nSPS) is 14.4. The Morgan fingerprint density at radius 3 is 2.15 bits per heavy atom. The van der Waals surface area contributed by atoms with E-state index in [4.69, 9.17) is 15.6 Å². The van der Waals surface area contributed by atoms with Crippen molar-refractivity contribution in [2.24, 2.45) is 28.9 Å². The van der Waals surface area contributed by atoms with Crippen LogP contribution in [0, 0.1) is 23.2 Å². The number of rotatable bonds is 20. The Balaban J connectivity index is 1.95. The Kier molecular flexibility index (Phi) is 17.9. The van der Waals surface area contributed by atoms with Gasteiger partial charge in [-0.25, -0.2) is 9.59 Å². The molecule has 1 aromatic rings. The third-order valence-electron chi connectivity index (χ3n) is 8.99. The van der Waals surface area contributed by atoms with Gasteiger partial charge in [0.2, 0.25) is 17.7 Å². The average molecular weight is 745 g/mol. The molecule has 53 heavy (non-hydrogen) atoms. The van der Waals surface area contributed by atoms with Crippen molar-refractivity contribution in [2.45, 2.75) is 98.6 Å². The summed E-state index contributed by atoms with van der Waals surface area (Å²) < 4.78 is 5.17. The van der Waals surface area contributed by atoms with Crippen LogP contribution in [0.15, 0.2) is 24.3 Å². The highest BCUT2D eigenvalue weighted by molar-refractivity contribution is 5.97. The molecule has 0 aromatic heterocycles. The van der Waals surface area contributed by atoms with E-state index in [1.807, 2.05) is 0 Å². The Morgan fingerprint density at radius 2 is 1.58 bits per heavy atom. The minimum atomic E-state index is -0.879. The van der Waals surface area contributed by atoms with Crippen LogP contribution in [-0.4, -0.2) is 89.6 Å². The highest BCUT2D eigenvalue weighted by Crippen LogP contribution is 2.21. The summed E-state index contributed by atoms with van der Waals surface area (Å²) in [6, 6.07) is 4.94. The Labute approximate surface area is 310 Å². The highest BCUT2D eigenvalue weighted by Gasteiger charge is 2.30. The fourth-order valence-corrected chi connectivity index (χ4v) is 5.60. The van der Waals surface area contributed by atoms with Crippen molar-refractivity contribution in [3.8, 4) is 0 Å². The van der Waals surface area contributed by atoms with E-state index in [0.29, 0.717) is 43.6 Å². The van der Waals surface area contributed by atoms with Crippen molar-refractivity contribution in [2.75, 3.05) is 31.5 Å². The smallest absolute Gasteiger partial charge is 0.407 e. The predicted octanol–water partition coefficient (Wildman–Crippen LogP) is 3.12. The number of nitrogens with zero attached hydrogens (tertiary/aromatic N) is 1. The Morgan fingerprint density at radius 1 is 0.943 bits per heavy atom. The van der Waals surface area contributed by atoms with Crippen LogP contribution in [0.4, 0.5) is 15.3 Å². The van der Waals surface area contributed by atoms with Crippen molar-refractivity contribution in [1.82, 2.24) is 20.9 Å². The summed E-state index contributed by atoms with van der Waals surface area (Å²) in [7, 11) is 0. The van der Waals surface area contributed by atoms with E-state index >= 15 is 0 Å². The maximum atomic E-state index is 13.5. The fourth-order valence-electron chi connectivity index (χ4n) is 5.60. The number of nitrogens with two attached hydrogens (primary N) is 1. The molecule has 1 aliphatic heterocycles. The molecular weight excluding hydrogens is 688 g/mol. The van der Waals surface area contributed by atoms with Crippen LogP contribution in [0.1, 0.15) is 91.5 Å². The second kappa shape index (κ2) is 21.5. The summed E-state index contributed by atoms with van der Waals surface area (Å²) in [4.78, 5) is 100. The molecule has 1 fully saturated rings. The molecule has 0 radical (unpaired) electrons. The molecule has 1 saturated heterocycles. The summed E-state index contributed by atoms with van der Waals surface area (Å²) in [6.07, 6.45) is 0.855. The number of carbonyl (C=O) groups is 8. The maximum Gasteiger partial charge on any atom is 0.407 e. The van der Waals surface area contributed by atoms with Crippen LogP contribution in [0.5, 0.6) is 0 Å². The van der Waals surface area contributed by atoms with E-state index in [0.717, 1.165) is 0 Å². The number of hydrogen-bond donors (Lipinski definition) is 6. The van der Waals surface area contributed by atoms with Gasteiger partial charge in [0.15, 0.2) is 11.6 Å². The van der Waals surface area contributed by atoms with Crippen LogP contribution in [0.3, 0.4) is 0 Å². The van der Waals surface area contributed by atoms with Gasteiger partial charge in [-0.15, -0.1) is 0 Å². The zero-order valence-electron chi connectivity index (χ0n) is 31.5. The largest absolute Gasteiger partial charge is 0.481 e. The van der Waals surface area contributed by atoms with Crippen molar-refractivity contribution in [3.63, 3.8) is 0 Å². The van der Waals surface area contributed by atoms with Crippen molar-refractivity contribution < 1.29 is 48.2 Å². The van der Waals surface area contributed by atoms with E-state index < -0.39 is 53.2 Å². The quantitative estimate of drug-likeness (QED) is 0.107. The third-order valence-corrected chi connectivity index (χ3v) is 8.99. The fraction of sp³-hybridized carbons (Fsp3) is 0.622. The first-order valence-electron chi connectivity index (χ1n) is 18.1. The molecule has 2 rings (SSSR count). The van der Waals surface area contributed by atoms with E-state index in [-0.39, 0.29) is 75.2 Å². The van der Waals surface area contributed by atoms with E-state index in [9.17, 15) is 38.4 Å². The average Bonchev–Trinajstić information content (AvgIpc) is 3.09. The monoisotopic (exact) mass is 744 g/mol. The molecule has 16 nitrogen and oxygen atoms in total. The minimum absolute atomic E-state index is 0.0130. The lowest BCUT2D eigenvalue weighted by molar-refractivity contribution is -0.145. The van der Waals surface area contributed by atoms with Gasteiger partial charge in [-0.2, -0.15) is 0 Å². The van der Waals surface area contributed by atoms with Crippen molar-refractivity contribution in [3.05, 3.63) is 29.8 Å². The van der Waals surface area contributed by atoms with Gasteiger partial charge in [-0.05, 0) is 55.7 Å². The zero-order chi connectivity index (χ0) is 39.7. The lowest BCUT2D eigenvalue weighted by atomic mass is 9.89. The van der Waals surface area contributed by atoms with Crippen LogP contribution in [-0.2, 0) is 40.1 Å². The number of amides is 6. The second-order valence-electron chi connectivity index (χ2n) is 14.7. The van der Waals surface area contributed by atoms with Crippen LogP contribution < -0.4 is 27.0 Å². The van der Waals surface area contributed by atoms with Crippen molar-refractivity contribution >= 4 is 53.1 Å². The van der Waals surface area contributed by atoms with E-state index in [1.165, 1.54) is 0 Å². The van der Waals surface area contributed by atoms with Gasteiger partial charge < -0.3 is 41.7 Å². The molecular formula is C37H56N6O10. The number of aliphatic carboxylic acids is 1. The number of ether oxygens (including phenoxy) is 1. The maximum absolute atomic E-state index is 13.5. The summed E-state index contributed by atoms with van der Waals surface area (Å²) in [6.45, 7) is 9.51. The number of hydrogen-bond acceptors (Lipinski definition) is 9. The number of carboxylic acid groups (broad SMARTS) is 1. The number of Topliss-reactive ketones (excluding diaryl/α,β-unsaturated/α-hetero) is 2. The Bertz CT molecular complexity index is 1450. The first-order valence-corrected chi connectivity index (χ1v) is 18.1. The number of nitrogens with one attached hydrogen (secondary N) is 4. The van der Waals surface area contributed by atoms with Gasteiger partial charge in [0.05, 0.1) is 18.5 Å². The second-order valence-corrected chi connectivity index (χ2v) is 14.7. The number of anilines is 1. The van der Waals surface area contributed by atoms with E-state index in [1.54, 1.807) is 63.8 Å². The number of benzene rings is 1. The number of alkyl carbamates (subject to hydrolysis) is 1. The molecule has 7 N–H and O–H groups in total. The highest BCUT2D eigenvalue weighted by atomic mass is 16.5. The topological polar surface area (TPSA) is 243 Å². The molecule has 16 heteroatoms. The first kappa shape index (κ1) is 44.1. The van der Waals surface area contributed by atoms with Gasteiger partial charge in [-0.1, -0.05) is 46.8 Å². The molecule has 0 aliphatic carbocycles. The van der Waals surface area contributed by atoms with E-state index in [2.05, 4.69) is 21.3 Å². The molecule has 0 saturated carbocycles. The molecule has 0 spiro atoms. The summed E-state index contributed by atoms with van der Waals surface area (Å²) in [5, 5.41) is 19.6. The number of carboxylic acids is 1. The van der Waals surface area contributed by atoms with Crippen molar-refractivity contribution in [1.29, 1.82) is 0 Å². The number of likely N-dealkylation sites (tertiary alicyclic amines) is 1. The predicted molar refractivity (Wildman–Crippen MR) is 195 cm³/mol. The molecule has 1 aliphatic rings. The summed E-state index contributed by atoms with van der Waals surface area (Å²) in [5.41, 5.74) is 5.63. The molecule has 6 amide bonds. The Hall–Kier alpha value is -5.02. The minimum Gasteiger partial charge on any atom is -0.481 e. The molecule has 0 bridgehead atoms. The molecule has 294 valence electrons. The molecule has 2 atom stereocenters. The van der Waals surface area contributed by atoms with Gasteiger partial charge in [0, 0.05) is 55.9 Å². The number of primary amides is 1. The van der Waals surface area contributed by atoms with Crippen LogP contribution in [0.2, 0.25) is 0 Å². The number of urea groups is 1. The summed E-state index contributed by atoms with van der Waals surface area (Å²) >= 11 is 0. The molecule has 1 aromatic carbocycles. The van der Waals surface area contributed by atoms with Gasteiger partial charge in [-0.3, -0.25) is 28.8 Å². The summed E-state index contributed by atoms with van der Waals surface area (Å²) in [5.74, 6) is -3.88. The molecule has 0 unspecified atom stereocenters. The molecule has 1 heterocycles. The zero-order valence-corrected chi connectivity index (χ0v) is 31.5. The number of piperidine rings is 1.